The third-order valence-corrected chi connectivity index (χ3v) is 2.90. The summed E-state index contributed by atoms with van der Waals surface area (Å²) in [4.78, 5) is 3.79. The number of nitrogens with two attached hydrogens (primary N) is 1. The van der Waals surface area contributed by atoms with E-state index >= 15 is 0 Å². The van der Waals surface area contributed by atoms with Gasteiger partial charge in [-0.1, -0.05) is 0 Å². The molecule has 1 fully saturated rings. The first kappa shape index (κ1) is 10.5. The van der Waals surface area contributed by atoms with Gasteiger partial charge in [-0.2, -0.15) is 0 Å². The van der Waals surface area contributed by atoms with E-state index in [0.29, 0.717) is 12.2 Å². The van der Waals surface area contributed by atoms with E-state index in [4.69, 9.17) is 9.88 Å². The van der Waals surface area contributed by atoms with Crippen molar-refractivity contribution in [3.63, 3.8) is 0 Å². The number of nitrogens with one attached hydrogen (secondary N) is 1. The number of rotatable bonds is 3. The van der Waals surface area contributed by atoms with Crippen LogP contribution >= 0.6 is 0 Å². The second-order valence-electron chi connectivity index (χ2n) is 3.45. The molecule has 0 aliphatic carbocycles. The SMILES string of the molecule is NS(=O)(=O)c1n[nH]c(CC2CCCO2)n1. The van der Waals surface area contributed by atoms with E-state index in [0.717, 1.165) is 19.4 Å². The summed E-state index contributed by atoms with van der Waals surface area (Å²) in [6.07, 6.45) is 2.64. The quantitative estimate of drug-likeness (QED) is 0.706. The average Bonchev–Trinajstić information content (AvgIpc) is 2.73. The molecule has 0 aromatic carbocycles. The maximum atomic E-state index is 10.9. The molecule has 2 heterocycles. The van der Waals surface area contributed by atoms with Gasteiger partial charge in [0, 0.05) is 13.0 Å². The lowest BCUT2D eigenvalue weighted by atomic mass is 10.2. The Morgan fingerprint density at radius 3 is 2.93 bits per heavy atom. The molecule has 2 rings (SSSR count). The van der Waals surface area contributed by atoms with Gasteiger partial charge in [0.2, 0.25) is 0 Å². The fourth-order valence-corrected chi connectivity index (χ4v) is 1.93. The summed E-state index contributed by atoms with van der Waals surface area (Å²) in [6, 6.07) is 0. The normalized spacial score (nSPS) is 22.1. The summed E-state index contributed by atoms with van der Waals surface area (Å²) in [5.74, 6) is 0.492. The van der Waals surface area contributed by atoms with E-state index in [-0.39, 0.29) is 11.3 Å². The van der Waals surface area contributed by atoms with Crippen molar-refractivity contribution in [2.45, 2.75) is 30.5 Å². The topological polar surface area (TPSA) is 111 Å². The molecule has 84 valence electrons. The van der Waals surface area contributed by atoms with Gasteiger partial charge in [-0.25, -0.2) is 18.5 Å². The number of H-pyrrole nitrogens is 1. The number of sulfonamides is 1. The molecule has 0 saturated carbocycles. The smallest absolute Gasteiger partial charge is 0.282 e. The van der Waals surface area contributed by atoms with Gasteiger partial charge >= 0.3 is 0 Å². The molecular weight excluding hydrogens is 220 g/mol. The molecule has 1 atom stereocenters. The Morgan fingerprint density at radius 1 is 1.60 bits per heavy atom. The molecule has 1 unspecified atom stereocenters. The van der Waals surface area contributed by atoms with Crippen molar-refractivity contribution in [1.82, 2.24) is 15.2 Å². The number of nitrogens with zero attached hydrogens (tertiary/aromatic N) is 2. The molecule has 0 radical (unpaired) electrons. The van der Waals surface area contributed by atoms with Crippen LogP contribution in [0.3, 0.4) is 0 Å². The molecule has 1 aromatic rings. The molecule has 1 aliphatic heterocycles. The highest BCUT2D eigenvalue weighted by atomic mass is 32.2. The molecule has 3 N–H and O–H groups in total. The summed E-state index contributed by atoms with van der Waals surface area (Å²) in [7, 11) is -3.81. The Bertz CT molecular complexity index is 435. The summed E-state index contributed by atoms with van der Waals surface area (Å²) < 4.78 is 27.2. The molecule has 1 aromatic heterocycles. The number of primary sulfonamides is 1. The maximum absolute atomic E-state index is 10.9. The Kier molecular flexibility index (Phi) is 2.72. The van der Waals surface area contributed by atoms with Crippen molar-refractivity contribution in [3.05, 3.63) is 5.82 Å². The van der Waals surface area contributed by atoms with Gasteiger partial charge in [-0.3, -0.25) is 5.10 Å². The molecular formula is C7H12N4O3S. The average molecular weight is 232 g/mol. The van der Waals surface area contributed by atoms with Gasteiger partial charge in [-0.05, 0) is 12.8 Å². The molecule has 1 saturated heterocycles. The number of hydrogen-bond acceptors (Lipinski definition) is 5. The lowest BCUT2D eigenvalue weighted by Gasteiger charge is -2.04. The van der Waals surface area contributed by atoms with Gasteiger partial charge in [0.05, 0.1) is 6.10 Å². The summed E-state index contributed by atoms with van der Waals surface area (Å²) >= 11 is 0. The van der Waals surface area contributed by atoms with Crippen LogP contribution in [0.25, 0.3) is 0 Å². The van der Waals surface area contributed by atoms with Crippen molar-refractivity contribution < 1.29 is 13.2 Å². The molecule has 0 amide bonds. The third kappa shape index (κ3) is 2.52. The Balaban J connectivity index is 2.07. The van der Waals surface area contributed by atoms with Crippen molar-refractivity contribution in [2.24, 2.45) is 5.14 Å². The Morgan fingerprint density at radius 2 is 2.40 bits per heavy atom. The molecule has 0 bridgehead atoms. The van der Waals surface area contributed by atoms with Crippen LogP contribution in [0, 0.1) is 0 Å². The number of ether oxygens (including phenoxy) is 1. The predicted molar refractivity (Wildman–Crippen MR) is 50.4 cm³/mol. The van der Waals surface area contributed by atoms with Gasteiger partial charge in [-0.15, -0.1) is 5.10 Å². The van der Waals surface area contributed by atoms with Crippen LogP contribution < -0.4 is 5.14 Å². The van der Waals surface area contributed by atoms with Crippen molar-refractivity contribution >= 4 is 10.0 Å². The first-order valence-electron chi connectivity index (χ1n) is 4.61. The number of aromatic nitrogens is 3. The van der Waals surface area contributed by atoms with E-state index in [1.165, 1.54) is 0 Å². The summed E-state index contributed by atoms with van der Waals surface area (Å²) in [6.45, 7) is 0.751. The van der Waals surface area contributed by atoms with Crippen LogP contribution in [0.2, 0.25) is 0 Å². The fourth-order valence-electron chi connectivity index (χ4n) is 1.52. The minimum atomic E-state index is -3.81. The molecule has 1 aliphatic rings. The zero-order valence-corrected chi connectivity index (χ0v) is 8.83. The van der Waals surface area contributed by atoms with Gasteiger partial charge < -0.3 is 4.74 Å². The van der Waals surface area contributed by atoms with Crippen molar-refractivity contribution in [2.75, 3.05) is 6.61 Å². The highest BCUT2D eigenvalue weighted by Gasteiger charge is 2.20. The highest BCUT2D eigenvalue weighted by Crippen LogP contribution is 2.15. The van der Waals surface area contributed by atoms with E-state index in [9.17, 15) is 8.42 Å². The maximum Gasteiger partial charge on any atom is 0.282 e. The molecule has 0 spiro atoms. The van der Waals surface area contributed by atoms with Gasteiger partial charge in [0.15, 0.2) is 0 Å². The second kappa shape index (κ2) is 3.87. The van der Waals surface area contributed by atoms with Crippen molar-refractivity contribution in [3.8, 4) is 0 Å². The van der Waals surface area contributed by atoms with Gasteiger partial charge in [0.25, 0.3) is 15.2 Å². The Labute approximate surface area is 87.1 Å². The number of aromatic amines is 1. The largest absolute Gasteiger partial charge is 0.378 e. The fraction of sp³-hybridized carbons (Fsp3) is 0.714. The van der Waals surface area contributed by atoms with E-state index in [2.05, 4.69) is 15.2 Å². The lowest BCUT2D eigenvalue weighted by molar-refractivity contribution is 0.110. The zero-order chi connectivity index (χ0) is 10.9. The Hall–Kier alpha value is -0.990. The minimum Gasteiger partial charge on any atom is -0.378 e. The summed E-state index contributed by atoms with van der Waals surface area (Å²) in [5, 5.41) is 10.6. The third-order valence-electron chi connectivity index (χ3n) is 2.21. The first-order chi connectivity index (χ1) is 7.05. The van der Waals surface area contributed by atoms with Crippen LogP contribution in [-0.4, -0.2) is 36.3 Å². The monoisotopic (exact) mass is 232 g/mol. The van der Waals surface area contributed by atoms with E-state index in [1.807, 2.05) is 0 Å². The number of hydrogen-bond donors (Lipinski definition) is 2. The predicted octanol–water partition coefficient (Wildman–Crippen LogP) is -0.826. The minimum absolute atomic E-state index is 0.103. The van der Waals surface area contributed by atoms with Crippen LogP contribution in [0.1, 0.15) is 18.7 Å². The zero-order valence-electron chi connectivity index (χ0n) is 8.01. The highest BCUT2D eigenvalue weighted by molar-refractivity contribution is 7.89. The van der Waals surface area contributed by atoms with E-state index < -0.39 is 10.0 Å². The van der Waals surface area contributed by atoms with Crippen LogP contribution in [0.15, 0.2) is 5.16 Å². The molecule has 7 nitrogen and oxygen atoms in total. The standard InChI is InChI=1S/C7H12N4O3S/c8-15(12,13)7-9-6(10-11-7)4-5-2-1-3-14-5/h5H,1-4H2,(H2,8,12,13)(H,9,10,11). The van der Waals surface area contributed by atoms with Crippen LogP contribution in [0.5, 0.6) is 0 Å². The first-order valence-corrected chi connectivity index (χ1v) is 6.16. The molecule has 8 heteroatoms. The van der Waals surface area contributed by atoms with Crippen molar-refractivity contribution in [1.29, 1.82) is 0 Å². The summed E-state index contributed by atoms with van der Waals surface area (Å²) in [5.41, 5.74) is 0. The van der Waals surface area contributed by atoms with Crippen LogP contribution in [-0.2, 0) is 21.2 Å². The second-order valence-corrected chi connectivity index (χ2v) is 4.90. The van der Waals surface area contributed by atoms with E-state index in [1.54, 1.807) is 0 Å². The molecule has 15 heavy (non-hydrogen) atoms. The van der Waals surface area contributed by atoms with Crippen LogP contribution in [0.4, 0.5) is 0 Å². The lowest BCUT2D eigenvalue weighted by Crippen LogP contribution is -2.14. The van der Waals surface area contributed by atoms with Gasteiger partial charge in [0.1, 0.15) is 5.82 Å².